The molecule has 2 N–H and O–H groups in total. The molecule has 6 nitrogen and oxygen atoms in total. The monoisotopic (exact) mass is 294 g/mol. The molecule has 0 aliphatic carbocycles. The molecular weight excluding hydrogens is 280 g/mol. The van der Waals surface area contributed by atoms with Gasteiger partial charge >= 0.3 is 0 Å². The highest BCUT2D eigenvalue weighted by atomic mass is 16.5. The average molecular weight is 294 g/mol. The number of carbonyl (C=O) groups excluding carboxylic acids is 1. The summed E-state index contributed by atoms with van der Waals surface area (Å²) in [6.45, 7) is 1.90. The molecule has 0 fully saturated rings. The lowest BCUT2D eigenvalue weighted by molar-refractivity contribution is 0.102. The predicted molar refractivity (Wildman–Crippen MR) is 82.0 cm³/mol. The van der Waals surface area contributed by atoms with E-state index in [9.17, 15) is 4.79 Å². The van der Waals surface area contributed by atoms with Crippen LogP contribution in [0.5, 0.6) is 11.5 Å². The molecule has 22 heavy (non-hydrogen) atoms. The fraction of sp³-hybridized carbons (Fsp3) is 0.0625. The van der Waals surface area contributed by atoms with E-state index in [2.05, 4.69) is 20.7 Å². The van der Waals surface area contributed by atoms with Crippen molar-refractivity contribution in [2.75, 3.05) is 5.32 Å². The lowest BCUT2D eigenvalue weighted by Crippen LogP contribution is -2.13. The molecule has 1 amide bonds. The number of H-pyrrole nitrogens is 1. The van der Waals surface area contributed by atoms with Crippen LogP contribution in [0.15, 0.2) is 54.7 Å². The Balaban J connectivity index is 1.73. The van der Waals surface area contributed by atoms with Crippen molar-refractivity contribution >= 4 is 11.6 Å². The van der Waals surface area contributed by atoms with Crippen molar-refractivity contribution < 1.29 is 9.53 Å². The number of carbonyl (C=O) groups is 1. The fourth-order valence-electron chi connectivity index (χ4n) is 1.96. The molecule has 0 saturated heterocycles. The van der Waals surface area contributed by atoms with Crippen LogP contribution in [0.3, 0.4) is 0 Å². The highest BCUT2D eigenvalue weighted by Gasteiger charge is 2.10. The van der Waals surface area contributed by atoms with E-state index in [1.54, 1.807) is 12.1 Å². The third-order valence-corrected chi connectivity index (χ3v) is 3.07. The van der Waals surface area contributed by atoms with E-state index in [0.717, 1.165) is 11.3 Å². The molecule has 2 aromatic carbocycles. The third-order valence-electron chi connectivity index (χ3n) is 3.07. The van der Waals surface area contributed by atoms with Crippen LogP contribution in [0.4, 0.5) is 5.69 Å². The van der Waals surface area contributed by atoms with Gasteiger partial charge in [0.25, 0.3) is 5.91 Å². The molecule has 0 radical (unpaired) electrons. The molecule has 0 bridgehead atoms. The normalized spacial score (nSPS) is 10.2. The average Bonchev–Trinajstić information content (AvgIpc) is 3.05. The number of aromatic nitrogens is 3. The summed E-state index contributed by atoms with van der Waals surface area (Å²) in [6.07, 6.45) is 1.37. The van der Waals surface area contributed by atoms with Crippen LogP contribution >= 0.6 is 0 Å². The van der Waals surface area contributed by atoms with Gasteiger partial charge in [0.1, 0.15) is 11.5 Å². The molecule has 0 saturated carbocycles. The highest BCUT2D eigenvalue weighted by molar-refractivity contribution is 6.03. The van der Waals surface area contributed by atoms with E-state index >= 15 is 0 Å². The Morgan fingerprint density at radius 2 is 1.95 bits per heavy atom. The first-order valence-electron chi connectivity index (χ1n) is 6.73. The number of benzene rings is 2. The summed E-state index contributed by atoms with van der Waals surface area (Å²) < 4.78 is 5.75. The van der Waals surface area contributed by atoms with Gasteiger partial charge in [-0.25, -0.2) is 0 Å². The van der Waals surface area contributed by atoms with Crippen LogP contribution in [0.25, 0.3) is 0 Å². The van der Waals surface area contributed by atoms with Crippen molar-refractivity contribution in [3.63, 3.8) is 0 Å². The lowest BCUT2D eigenvalue weighted by Gasteiger charge is -2.10. The third kappa shape index (κ3) is 3.12. The second kappa shape index (κ2) is 6.09. The molecule has 1 heterocycles. The van der Waals surface area contributed by atoms with Crippen molar-refractivity contribution in [2.45, 2.75) is 6.92 Å². The number of rotatable bonds is 4. The zero-order chi connectivity index (χ0) is 15.4. The van der Waals surface area contributed by atoms with Gasteiger partial charge in [-0.3, -0.25) is 4.79 Å². The number of aromatic amines is 1. The van der Waals surface area contributed by atoms with Crippen LogP contribution in [-0.2, 0) is 0 Å². The molecular formula is C16H14N4O2. The molecule has 0 aliphatic rings. The van der Waals surface area contributed by atoms with E-state index in [1.807, 2.05) is 43.3 Å². The number of hydrogen-bond acceptors (Lipinski definition) is 4. The van der Waals surface area contributed by atoms with Gasteiger partial charge in [-0.15, -0.1) is 0 Å². The zero-order valence-electron chi connectivity index (χ0n) is 11.9. The Labute approximate surface area is 127 Å². The molecule has 0 spiro atoms. The van der Waals surface area contributed by atoms with Crippen molar-refractivity contribution in [2.24, 2.45) is 0 Å². The molecule has 1 aromatic heterocycles. The molecule has 3 aromatic rings. The van der Waals surface area contributed by atoms with Gasteiger partial charge in [-0.1, -0.05) is 18.2 Å². The topological polar surface area (TPSA) is 79.9 Å². The molecule has 6 heteroatoms. The van der Waals surface area contributed by atoms with E-state index in [-0.39, 0.29) is 11.6 Å². The van der Waals surface area contributed by atoms with E-state index in [4.69, 9.17) is 4.74 Å². The van der Waals surface area contributed by atoms with Gasteiger partial charge in [0.15, 0.2) is 5.69 Å². The van der Waals surface area contributed by atoms with Crippen LogP contribution in [0, 0.1) is 6.92 Å². The zero-order valence-corrected chi connectivity index (χ0v) is 11.9. The number of nitrogens with zero attached hydrogens (tertiary/aromatic N) is 2. The number of amides is 1. The van der Waals surface area contributed by atoms with Gasteiger partial charge < -0.3 is 10.1 Å². The molecule has 0 atom stereocenters. The van der Waals surface area contributed by atoms with Gasteiger partial charge in [-0.2, -0.15) is 15.4 Å². The summed E-state index contributed by atoms with van der Waals surface area (Å²) >= 11 is 0. The molecule has 110 valence electrons. The number of para-hydroxylation sites is 1. The Morgan fingerprint density at radius 1 is 1.14 bits per heavy atom. The Kier molecular flexibility index (Phi) is 3.82. The SMILES string of the molecule is Cc1cc(Oc2ccccc2)ccc1NC(=O)c1cn[nH]n1. The number of anilines is 1. The number of nitrogens with one attached hydrogen (secondary N) is 2. The minimum absolute atomic E-state index is 0.240. The molecule has 0 unspecified atom stereocenters. The van der Waals surface area contributed by atoms with Crippen molar-refractivity contribution in [3.8, 4) is 11.5 Å². The summed E-state index contributed by atoms with van der Waals surface area (Å²) in [5.41, 5.74) is 1.84. The summed E-state index contributed by atoms with van der Waals surface area (Å²) in [5.74, 6) is 1.16. The first-order valence-corrected chi connectivity index (χ1v) is 6.73. The summed E-state index contributed by atoms with van der Waals surface area (Å²) in [5, 5.41) is 12.5. The lowest BCUT2D eigenvalue weighted by atomic mass is 10.2. The minimum atomic E-state index is -0.312. The first kappa shape index (κ1) is 13.8. The van der Waals surface area contributed by atoms with Gasteiger partial charge in [0.05, 0.1) is 6.20 Å². The van der Waals surface area contributed by atoms with Gasteiger partial charge in [0.2, 0.25) is 0 Å². The largest absolute Gasteiger partial charge is 0.457 e. The number of hydrogen-bond donors (Lipinski definition) is 2. The fourth-order valence-corrected chi connectivity index (χ4v) is 1.96. The number of aryl methyl sites for hydroxylation is 1. The maximum Gasteiger partial charge on any atom is 0.277 e. The molecule has 3 rings (SSSR count). The standard InChI is InChI=1S/C16H14N4O2/c1-11-9-13(22-12-5-3-2-4-6-12)7-8-14(11)18-16(21)15-10-17-20-19-15/h2-10H,1H3,(H,18,21)(H,17,19,20). The first-order chi connectivity index (χ1) is 10.7. The van der Waals surface area contributed by atoms with Crippen molar-refractivity contribution in [1.29, 1.82) is 0 Å². The van der Waals surface area contributed by atoms with E-state index in [1.165, 1.54) is 6.20 Å². The molecule has 0 aliphatic heterocycles. The maximum absolute atomic E-state index is 11.9. The summed E-state index contributed by atoms with van der Waals surface area (Å²) in [6, 6.07) is 15.0. The predicted octanol–water partition coefficient (Wildman–Crippen LogP) is 3.16. The van der Waals surface area contributed by atoms with E-state index in [0.29, 0.717) is 11.4 Å². The Morgan fingerprint density at radius 3 is 2.64 bits per heavy atom. The summed E-state index contributed by atoms with van der Waals surface area (Å²) in [4.78, 5) is 11.9. The van der Waals surface area contributed by atoms with Crippen LogP contribution in [0.2, 0.25) is 0 Å². The van der Waals surface area contributed by atoms with Gasteiger partial charge in [0, 0.05) is 5.69 Å². The summed E-state index contributed by atoms with van der Waals surface area (Å²) in [7, 11) is 0. The second-order valence-electron chi connectivity index (χ2n) is 4.70. The number of ether oxygens (including phenoxy) is 1. The van der Waals surface area contributed by atoms with Gasteiger partial charge in [-0.05, 0) is 42.8 Å². The Bertz CT molecular complexity index is 770. The van der Waals surface area contributed by atoms with Crippen molar-refractivity contribution in [1.82, 2.24) is 15.4 Å². The minimum Gasteiger partial charge on any atom is -0.457 e. The van der Waals surface area contributed by atoms with Crippen LogP contribution in [-0.4, -0.2) is 21.3 Å². The van der Waals surface area contributed by atoms with Crippen LogP contribution in [0.1, 0.15) is 16.1 Å². The Hall–Kier alpha value is -3.15. The second-order valence-corrected chi connectivity index (χ2v) is 4.70. The quantitative estimate of drug-likeness (QED) is 0.774. The highest BCUT2D eigenvalue weighted by Crippen LogP contribution is 2.26. The van der Waals surface area contributed by atoms with Crippen molar-refractivity contribution in [3.05, 3.63) is 66.0 Å². The van der Waals surface area contributed by atoms with E-state index < -0.39 is 0 Å². The maximum atomic E-state index is 11.9. The van der Waals surface area contributed by atoms with Crippen LogP contribution < -0.4 is 10.1 Å². The smallest absolute Gasteiger partial charge is 0.277 e.